The lowest BCUT2D eigenvalue weighted by molar-refractivity contribution is 0.0964. The number of amides is 1. The zero-order chi connectivity index (χ0) is 26.0. The number of nitrogens with zero attached hydrogens (tertiary/aromatic N) is 2. The van der Waals surface area contributed by atoms with Crippen LogP contribution in [-0.2, 0) is 22.0 Å². The average molecular weight is 534 g/mol. The minimum atomic E-state index is -3.12. The molecule has 4 rings (SSSR count). The number of pyridine rings is 1. The molecule has 0 spiro atoms. The minimum Gasteiger partial charge on any atom is -0.437 e. The molecule has 2 heterocycles. The van der Waals surface area contributed by atoms with Crippen molar-refractivity contribution in [2.45, 2.75) is 45.1 Å². The Bertz CT molecular complexity index is 1380. The molecule has 0 radical (unpaired) electrons. The molecule has 2 N–H and O–H groups in total. The molecule has 0 saturated heterocycles. The minimum absolute atomic E-state index is 0.0826. The number of benzene rings is 1. The summed E-state index contributed by atoms with van der Waals surface area (Å²) in [7, 11) is -4.43. The van der Waals surface area contributed by atoms with Crippen molar-refractivity contribution in [2.75, 3.05) is 26.4 Å². The van der Waals surface area contributed by atoms with Crippen molar-refractivity contribution in [3.8, 4) is 11.3 Å². The van der Waals surface area contributed by atoms with Gasteiger partial charge in [-0.1, -0.05) is 29.8 Å². The third-order valence-electron chi connectivity index (χ3n) is 6.38. The Labute approximate surface area is 212 Å². The van der Waals surface area contributed by atoms with Gasteiger partial charge in [-0.05, 0) is 50.2 Å². The van der Waals surface area contributed by atoms with Gasteiger partial charge in [-0.2, -0.15) is 4.31 Å². The molecule has 1 amide bonds. The number of unbranched alkanes of at least 4 members (excludes halogenated alkanes) is 1. The Kier molecular flexibility index (Phi) is 7.99. The van der Waals surface area contributed by atoms with Crippen LogP contribution in [0.25, 0.3) is 22.4 Å². The first-order valence-electron chi connectivity index (χ1n) is 12.0. The maximum absolute atomic E-state index is 12.9. The Hall–Kier alpha value is -2.52. The number of thiol groups is 1. The fourth-order valence-corrected chi connectivity index (χ4v) is 5.66. The monoisotopic (exact) mass is 533 g/mol. The SMILES string of the molecule is CNC(=O)c1c(-c2ccc(C)cc2)oc2nc(CN(CCCCP(C)(=O)O)[SH](=O)=O)c(C3CC3)cc12. The van der Waals surface area contributed by atoms with Gasteiger partial charge in [0.1, 0.15) is 5.76 Å². The Morgan fingerprint density at radius 2 is 1.94 bits per heavy atom. The fourth-order valence-electron chi connectivity index (χ4n) is 4.30. The van der Waals surface area contributed by atoms with Gasteiger partial charge in [0.05, 0.1) is 23.2 Å². The van der Waals surface area contributed by atoms with Crippen molar-refractivity contribution in [3.63, 3.8) is 0 Å². The van der Waals surface area contributed by atoms with E-state index < -0.39 is 18.3 Å². The fraction of sp³-hybridized carbons (Fsp3) is 0.440. The van der Waals surface area contributed by atoms with Gasteiger partial charge < -0.3 is 14.6 Å². The second kappa shape index (κ2) is 10.8. The van der Waals surface area contributed by atoms with E-state index in [1.165, 1.54) is 11.0 Å². The number of aryl methyl sites for hydroxylation is 1. The standard InChI is InChI=1S/C25H32N3O6PS/c1-16-6-8-18(9-7-16)23-22(24(29)26-2)20-14-19(17-10-11-17)21(27-25(20)34-23)15-28(36(32)33)12-4-5-13-35(3,30)31/h6-9,14,17,36H,4-5,10-13,15H2,1-3H3,(H,26,29)(H,30,31). The third kappa shape index (κ3) is 6.24. The van der Waals surface area contributed by atoms with Crippen LogP contribution in [0.3, 0.4) is 0 Å². The Morgan fingerprint density at radius 3 is 2.53 bits per heavy atom. The third-order valence-corrected chi connectivity index (χ3v) is 8.33. The number of aromatic nitrogens is 1. The molecule has 0 bridgehead atoms. The number of carbonyl (C=O) groups is 1. The molecule has 1 aliphatic rings. The zero-order valence-corrected chi connectivity index (χ0v) is 22.5. The molecule has 9 nitrogen and oxygen atoms in total. The molecule has 11 heteroatoms. The highest BCUT2D eigenvalue weighted by Crippen LogP contribution is 2.44. The predicted octanol–water partition coefficient (Wildman–Crippen LogP) is 4.05. The second-order valence-electron chi connectivity index (χ2n) is 9.51. The van der Waals surface area contributed by atoms with Gasteiger partial charge in [0.2, 0.25) is 16.6 Å². The summed E-state index contributed by atoms with van der Waals surface area (Å²) >= 11 is 0. The molecular weight excluding hydrogens is 501 g/mol. The second-order valence-corrected chi connectivity index (χ2v) is 13.1. The van der Waals surface area contributed by atoms with Crippen molar-refractivity contribution in [1.29, 1.82) is 0 Å². The summed E-state index contributed by atoms with van der Waals surface area (Å²) < 4.78 is 43.0. The highest BCUT2D eigenvalue weighted by molar-refractivity contribution is 7.69. The van der Waals surface area contributed by atoms with Crippen molar-refractivity contribution in [2.24, 2.45) is 0 Å². The first-order chi connectivity index (χ1) is 17.1. The molecule has 3 aromatic rings. The first-order valence-corrected chi connectivity index (χ1v) is 15.4. The van der Waals surface area contributed by atoms with Gasteiger partial charge in [-0.15, -0.1) is 0 Å². The van der Waals surface area contributed by atoms with E-state index in [9.17, 15) is 22.7 Å². The van der Waals surface area contributed by atoms with Gasteiger partial charge >= 0.3 is 0 Å². The molecule has 1 unspecified atom stereocenters. The number of hydrogen-bond acceptors (Lipinski definition) is 6. The largest absolute Gasteiger partial charge is 0.437 e. The van der Waals surface area contributed by atoms with Crippen LogP contribution in [-0.4, -0.2) is 54.9 Å². The van der Waals surface area contributed by atoms with E-state index in [0.29, 0.717) is 35.2 Å². The lowest BCUT2D eigenvalue weighted by Crippen LogP contribution is -2.24. The molecule has 0 aliphatic heterocycles. The van der Waals surface area contributed by atoms with Gasteiger partial charge in [0.25, 0.3) is 5.91 Å². The van der Waals surface area contributed by atoms with Crippen molar-refractivity contribution >= 4 is 35.3 Å². The maximum Gasteiger partial charge on any atom is 0.255 e. The highest BCUT2D eigenvalue weighted by atomic mass is 32.2. The molecular formula is C25H32N3O6PS. The van der Waals surface area contributed by atoms with Crippen LogP contribution in [0.2, 0.25) is 0 Å². The van der Waals surface area contributed by atoms with Crippen molar-refractivity contribution in [3.05, 3.63) is 52.7 Å². The summed E-state index contributed by atoms with van der Waals surface area (Å²) in [6.07, 6.45) is 3.04. The summed E-state index contributed by atoms with van der Waals surface area (Å²) in [5, 5.41) is 3.30. The Morgan fingerprint density at radius 1 is 1.25 bits per heavy atom. The summed E-state index contributed by atoms with van der Waals surface area (Å²) in [5.74, 6) is 0.413. The van der Waals surface area contributed by atoms with Crippen LogP contribution in [0.5, 0.6) is 0 Å². The van der Waals surface area contributed by atoms with E-state index in [2.05, 4.69) is 5.32 Å². The number of carbonyl (C=O) groups excluding carboxylic acids is 1. The molecule has 1 saturated carbocycles. The highest BCUT2D eigenvalue weighted by Gasteiger charge is 2.31. The van der Waals surface area contributed by atoms with Crippen LogP contribution >= 0.6 is 7.37 Å². The zero-order valence-electron chi connectivity index (χ0n) is 20.7. The number of hydrogen-bond donors (Lipinski definition) is 3. The maximum atomic E-state index is 12.9. The van der Waals surface area contributed by atoms with Gasteiger partial charge in [-0.25, -0.2) is 13.4 Å². The molecule has 2 aromatic heterocycles. The lowest BCUT2D eigenvalue weighted by atomic mass is 10.0. The van der Waals surface area contributed by atoms with E-state index in [0.717, 1.165) is 29.5 Å². The van der Waals surface area contributed by atoms with E-state index in [-0.39, 0.29) is 36.8 Å². The van der Waals surface area contributed by atoms with Crippen molar-refractivity contribution in [1.82, 2.24) is 14.6 Å². The lowest BCUT2D eigenvalue weighted by Gasteiger charge is -2.17. The first kappa shape index (κ1) is 26.5. The van der Waals surface area contributed by atoms with Crippen molar-refractivity contribution < 1.29 is 27.1 Å². The van der Waals surface area contributed by atoms with E-state index >= 15 is 0 Å². The van der Waals surface area contributed by atoms with Crippen LogP contribution < -0.4 is 5.32 Å². The number of fused-ring (bicyclic) bond motifs is 1. The Balaban J connectivity index is 1.72. The molecule has 1 aliphatic carbocycles. The van der Waals surface area contributed by atoms with Gasteiger partial charge in [0.15, 0.2) is 7.37 Å². The normalized spacial score (nSPS) is 15.5. The number of rotatable bonds is 11. The summed E-state index contributed by atoms with van der Waals surface area (Å²) in [4.78, 5) is 27.1. The number of nitrogens with one attached hydrogen (secondary N) is 1. The number of furan rings is 1. The average Bonchev–Trinajstić information content (AvgIpc) is 3.60. The predicted molar refractivity (Wildman–Crippen MR) is 140 cm³/mol. The van der Waals surface area contributed by atoms with Crippen LogP contribution in [0.15, 0.2) is 34.7 Å². The molecule has 1 fully saturated rings. The molecule has 194 valence electrons. The van der Waals surface area contributed by atoms with E-state index in [1.54, 1.807) is 7.05 Å². The summed E-state index contributed by atoms with van der Waals surface area (Å²) in [5.41, 5.74) is 4.08. The van der Waals surface area contributed by atoms with E-state index in [4.69, 9.17) is 9.40 Å². The molecule has 36 heavy (non-hydrogen) atoms. The van der Waals surface area contributed by atoms with Crippen LogP contribution in [0, 0.1) is 6.92 Å². The summed E-state index contributed by atoms with van der Waals surface area (Å²) in [6, 6.07) is 9.61. The topological polar surface area (TPSA) is 130 Å². The van der Waals surface area contributed by atoms with Gasteiger partial charge in [-0.3, -0.25) is 9.36 Å². The van der Waals surface area contributed by atoms with Crippen LogP contribution in [0.4, 0.5) is 0 Å². The summed E-state index contributed by atoms with van der Waals surface area (Å²) in [6.45, 7) is 3.61. The smallest absolute Gasteiger partial charge is 0.255 e. The van der Waals surface area contributed by atoms with Gasteiger partial charge in [0, 0.05) is 32.0 Å². The van der Waals surface area contributed by atoms with Crippen LogP contribution in [0.1, 0.15) is 58.8 Å². The molecule has 1 atom stereocenters. The van der Waals surface area contributed by atoms with E-state index in [1.807, 2.05) is 37.3 Å². The quantitative estimate of drug-likeness (QED) is 0.193. The molecule has 1 aromatic carbocycles.